The largest absolute Gasteiger partial charge is 0.454 e. The minimum Gasteiger partial charge on any atom is -0.454 e. The van der Waals surface area contributed by atoms with E-state index in [0.717, 1.165) is 17.5 Å². The van der Waals surface area contributed by atoms with Crippen molar-refractivity contribution in [3.05, 3.63) is 58.6 Å². The molecule has 0 radical (unpaired) electrons. The van der Waals surface area contributed by atoms with Crippen molar-refractivity contribution in [1.29, 1.82) is 0 Å². The predicted molar refractivity (Wildman–Crippen MR) is 123 cm³/mol. The second-order valence-corrected chi connectivity index (χ2v) is 8.94. The number of hydrogen-bond donors (Lipinski definition) is 2. The smallest absolute Gasteiger partial charge is 0.327 e. The summed E-state index contributed by atoms with van der Waals surface area (Å²) in [7, 11) is 0. The van der Waals surface area contributed by atoms with E-state index in [9.17, 15) is 14.4 Å². The molecule has 0 spiro atoms. The summed E-state index contributed by atoms with van der Waals surface area (Å²) in [6, 6.07) is 11.2. The maximum atomic E-state index is 13.4. The van der Waals surface area contributed by atoms with E-state index in [1.54, 1.807) is 24.3 Å². The van der Waals surface area contributed by atoms with Gasteiger partial charge in [0.15, 0.2) is 11.5 Å². The monoisotopic (exact) mass is 484 g/mol. The Kier molecular flexibility index (Phi) is 6.30. The van der Waals surface area contributed by atoms with Crippen LogP contribution in [-0.2, 0) is 22.7 Å². The molecule has 34 heavy (non-hydrogen) atoms. The first kappa shape index (κ1) is 22.5. The highest BCUT2D eigenvalue weighted by atomic mass is 35.5. The molecule has 2 atom stereocenters. The molecule has 5 rings (SSSR count). The molecule has 2 N–H and O–H groups in total. The minimum absolute atomic E-state index is 0.0803. The van der Waals surface area contributed by atoms with Crippen molar-refractivity contribution >= 4 is 29.4 Å². The summed E-state index contributed by atoms with van der Waals surface area (Å²) in [6.45, 7) is 1.03. The molecule has 9 nitrogen and oxygen atoms in total. The Balaban J connectivity index is 1.32. The lowest BCUT2D eigenvalue weighted by molar-refractivity contribution is -0.139. The SMILES string of the molecule is O=C(CN1C(=O)N(Cc2ccc3c(c2)OCO3)C(=O)C2NCCCC21)NCc1ccccc1Cl. The molecule has 2 aromatic carbocycles. The number of nitrogens with zero attached hydrogens (tertiary/aromatic N) is 2. The number of urea groups is 1. The molecule has 2 unspecified atom stereocenters. The Bertz CT molecular complexity index is 1130. The number of imide groups is 1. The number of amides is 4. The minimum atomic E-state index is -0.545. The highest BCUT2D eigenvalue weighted by molar-refractivity contribution is 6.31. The summed E-state index contributed by atoms with van der Waals surface area (Å²) >= 11 is 6.18. The predicted octanol–water partition coefficient (Wildman–Crippen LogP) is 2.27. The number of piperidine rings is 1. The van der Waals surface area contributed by atoms with E-state index in [1.807, 2.05) is 18.2 Å². The quantitative estimate of drug-likeness (QED) is 0.652. The zero-order valence-electron chi connectivity index (χ0n) is 18.5. The maximum Gasteiger partial charge on any atom is 0.327 e. The Labute approximate surface area is 201 Å². The average Bonchev–Trinajstić information content (AvgIpc) is 3.32. The van der Waals surface area contributed by atoms with Crippen molar-refractivity contribution in [1.82, 2.24) is 20.4 Å². The van der Waals surface area contributed by atoms with Crippen LogP contribution in [0.15, 0.2) is 42.5 Å². The first-order chi connectivity index (χ1) is 16.5. The summed E-state index contributed by atoms with van der Waals surface area (Å²) in [6.07, 6.45) is 1.48. The van der Waals surface area contributed by atoms with Gasteiger partial charge in [-0.2, -0.15) is 0 Å². The first-order valence-electron chi connectivity index (χ1n) is 11.3. The molecule has 2 saturated heterocycles. The molecule has 2 aromatic rings. The van der Waals surface area contributed by atoms with Gasteiger partial charge in [0.1, 0.15) is 12.6 Å². The third kappa shape index (κ3) is 4.41. The van der Waals surface area contributed by atoms with E-state index in [0.29, 0.717) is 29.5 Å². The normalized spacial score (nSPS) is 21.4. The zero-order chi connectivity index (χ0) is 23.7. The molecule has 4 amide bonds. The van der Waals surface area contributed by atoms with E-state index in [-0.39, 0.29) is 44.3 Å². The van der Waals surface area contributed by atoms with Crippen molar-refractivity contribution in [3.8, 4) is 11.5 Å². The van der Waals surface area contributed by atoms with Crippen molar-refractivity contribution in [2.45, 2.75) is 38.0 Å². The van der Waals surface area contributed by atoms with Gasteiger partial charge in [-0.15, -0.1) is 0 Å². The lowest BCUT2D eigenvalue weighted by Crippen LogP contribution is -2.70. The summed E-state index contributed by atoms with van der Waals surface area (Å²) < 4.78 is 10.8. The second kappa shape index (κ2) is 9.52. The molecule has 3 aliphatic rings. The number of rotatable bonds is 6. The second-order valence-electron chi connectivity index (χ2n) is 8.53. The van der Waals surface area contributed by atoms with Crippen LogP contribution in [0.5, 0.6) is 11.5 Å². The van der Waals surface area contributed by atoms with Gasteiger partial charge in [-0.1, -0.05) is 35.9 Å². The van der Waals surface area contributed by atoms with Gasteiger partial charge in [0, 0.05) is 11.6 Å². The molecular formula is C24H25ClN4O5. The zero-order valence-corrected chi connectivity index (χ0v) is 19.2. The molecule has 0 aromatic heterocycles. The molecule has 0 bridgehead atoms. The molecule has 178 valence electrons. The molecule has 2 fully saturated rings. The molecular weight excluding hydrogens is 460 g/mol. The van der Waals surface area contributed by atoms with Crippen LogP contribution in [0.25, 0.3) is 0 Å². The van der Waals surface area contributed by atoms with Gasteiger partial charge in [0.25, 0.3) is 0 Å². The van der Waals surface area contributed by atoms with E-state index in [1.165, 1.54) is 9.80 Å². The number of carbonyl (C=O) groups excluding carboxylic acids is 3. The Hall–Kier alpha value is -3.30. The number of nitrogens with one attached hydrogen (secondary N) is 2. The third-order valence-corrected chi connectivity index (χ3v) is 6.73. The standard InChI is InChI=1S/C24H25ClN4O5/c25-17-5-2-1-4-16(17)11-27-21(30)13-28-18-6-3-9-26-22(18)23(31)29(24(28)32)12-15-7-8-19-20(10-15)34-14-33-19/h1-2,4-5,7-8,10,18,22,26H,3,6,9,11-14H2,(H,27,30). The number of fused-ring (bicyclic) bond motifs is 2. The van der Waals surface area contributed by atoms with Gasteiger partial charge < -0.3 is 25.0 Å². The molecule has 10 heteroatoms. The van der Waals surface area contributed by atoms with Gasteiger partial charge in [0.05, 0.1) is 12.6 Å². The number of carbonyl (C=O) groups is 3. The van der Waals surface area contributed by atoms with Crippen LogP contribution < -0.4 is 20.1 Å². The van der Waals surface area contributed by atoms with Gasteiger partial charge in [0.2, 0.25) is 18.6 Å². The van der Waals surface area contributed by atoms with Crippen LogP contribution in [-0.4, -0.2) is 59.6 Å². The average molecular weight is 485 g/mol. The van der Waals surface area contributed by atoms with Crippen molar-refractivity contribution < 1.29 is 23.9 Å². The Morgan fingerprint density at radius 3 is 2.82 bits per heavy atom. The summed E-state index contributed by atoms with van der Waals surface area (Å²) in [5.41, 5.74) is 1.53. The maximum absolute atomic E-state index is 13.4. The van der Waals surface area contributed by atoms with Gasteiger partial charge >= 0.3 is 6.03 Å². The van der Waals surface area contributed by atoms with Crippen LogP contribution in [0, 0.1) is 0 Å². The number of halogens is 1. The lowest BCUT2D eigenvalue weighted by atomic mass is 9.93. The molecule has 3 aliphatic heterocycles. The Morgan fingerprint density at radius 1 is 1.15 bits per heavy atom. The third-order valence-electron chi connectivity index (χ3n) is 6.36. The van der Waals surface area contributed by atoms with Crippen molar-refractivity contribution in [3.63, 3.8) is 0 Å². The molecule has 0 saturated carbocycles. The summed E-state index contributed by atoms with van der Waals surface area (Å²) in [4.78, 5) is 42.2. The van der Waals surface area contributed by atoms with Gasteiger partial charge in [-0.05, 0) is 48.7 Å². The molecule has 3 heterocycles. The van der Waals surface area contributed by atoms with E-state index in [4.69, 9.17) is 21.1 Å². The Morgan fingerprint density at radius 2 is 1.97 bits per heavy atom. The van der Waals surface area contributed by atoms with Gasteiger partial charge in [-0.3, -0.25) is 14.5 Å². The topological polar surface area (TPSA) is 100 Å². The number of hydrogen-bond acceptors (Lipinski definition) is 6. The fraction of sp³-hybridized carbons (Fsp3) is 0.375. The number of benzene rings is 2. The lowest BCUT2D eigenvalue weighted by Gasteiger charge is -2.46. The van der Waals surface area contributed by atoms with Crippen LogP contribution in [0.1, 0.15) is 24.0 Å². The number of ether oxygens (including phenoxy) is 2. The van der Waals surface area contributed by atoms with Crippen LogP contribution in [0.2, 0.25) is 5.02 Å². The van der Waals surface area contributed by atoms with Crippen molar-refractivity contribution in [2.24, 2.45) is 0 Å². The fourth-order valence-corrected chi connectivity index (χ4v) is 4.82. The van der Waals surface area contributed by atoms with Gasteiger partial charge in [-0.25, -0.2) is 4.79 Å². The summed E-state index contributed by atoms with van der Waals surface area (Å²) in [5.74, 6) is 0.625. The van der Waals surface area contributed by atoms with Crippen molar-refractivity contribution in [2.75, 3.05) is 19.9 Å². The first-order valence-corrected chi connectivity index (χ1v) is 11.6. The highest BCUT2D eigenvalue weighted by Gasteiger charge is 2.47. The summed E-state index contributed by atoms with van der Waals surface area (Å²) in [5, 5.41) is 6.64. The van der Waals surface area contributed by atoms with E-state index < -0.39 is 12.1 Å². The van der Waals surface area contributed by atoms with Crippen LogP contribution in [0.3, 0.4) is 0 Å². The fourth-order valence-electron chi connectivity index (χ4n) is 4.62. The van der Waals surface area contributed by atoms with Crippen LogP contribution >= 0.6 is 11.6 Å². The van der Waals surface area contributed by atoms with E-state index in [2.05, 4.69) is 10.6 Å². The van der Waals surface area contributed by atoms with E-state index >= 15 is 0 Å². The van der Waals surface area contributed by atoms with Crippen LogP contribution in [0.4, 0.5) is 4.79 Å². The molecule has 0 aliphatic carbocycles. The highest BCUT2D eigenvalue weighted by Crippen LogP contribution is 2.33.